The first-order chi connectivity index (χ1) is 7.66. The van der Waals surface area contributed by atoms with Crippen LogP contribution in [0.2, 0.25) is 0 Å². The van der Waals surface area contributed by atoms with Gasteiger partial charge in [-0.25, -0.2) is 0 Å². The molecular weight excluding hydrogens is 201 g/mol. The SMILES string of the molecule is CO[B]N1CC(=O)CC1(C)c1ccccc1. The van der Waals surface area contributed by atoms with Crippen LogP contribution in [0.3, 0.4) is 0 Å². The predicted octanol–water partition coefficient (Wildman–Crippen LogP) is 1.36. The zero-order chi connectivity index (χ0) is 11.6. The van der Waals surface area contributed by atoms with Crippen molar-refractivity contribution in [3.8, 4) is 0 Å². The van der Waals surface area contributed by atoms with Gasteiger partial charge in [0.05, 0.1) is 0 Å². The summed E-state index contributed by atoms with van der Waals surface area (Å²) in [6, 6.07) is 10.1. The summed E-state index contributed by atoms with van der Waals surface area (Å²) in [5.41, 5.74) is 0.878. The number of carbonyl (C=O) groups is 1. The van der Waals surface area contributed by atoms with E-state index in [9.17, 15) is 4.79 Å². The van der Waals surface area contributed by atoms with Gasteiger partial charge in [0, 0.05) is 25.6 Å². The molecule has 2 rings (SSSR count). The maximum absolute atomic E-state index is 11.6. The molecule has 1 aromatic rings. The van der Waals surface area contributed by atoms with Crippen molar-refractivity contribution in [1.82, 2.24) is 4.81 Å². The first kappa shape index (κ1) is 11.4. The predicted molar refractivity (Wildman–Crippen MR) is 62.9 cm³/mol. The van der Waals surface area contributed by atoms with Crippen LogP contribution >= 0.6 is 0 Å². The van der Waals surface area contributed by atoms with Crippen molar-refractivity contribution in [2.45, 2.75) is 18.9 Å². The highest BCUT2D eigenvalue weighted by Crippen LogP contribution is 2.35. The van der Waals surface area contributed by atoms with Gasteiger partial charge in [-0.1, -0.05) is 30.3 Å². The topological polar surface area (TPSA) is 29.5 Å². The molecule has 3 nitrogen and oxygen atoms in total. The van der Waals surface area contributed by atoms with Crippen molar-refractivity contribution in [3.05, 3.63) is 35.9 Å². The number of hydrogen-bond donors (Lipinski definition) is 0. The van der Waals surface area contributed by atoms with Gasteiger partial charge in [0.1, 0.15) is 5.78 Å². The molecule has 1 atom stereocenters. The molecule has 1 aliphatic heterocycles. The standard InChI is InChI=1S/C12H15BNO2/c1-12(10-6-4-3-5-7-10)8-11(15)9-14(12)13-16-2/h3-7H,8-9H2,1-2H3. The highest BCUT2D eigenvalue weighted by atomic mass is 16.4. The monoisotopic (exact) mass is 216 g/mol. The van der Waals surface area contributed by atoms with E-state index in [4.69, 9.17) is 4.65 Å². The van der Waals surface area contributed by atoms with Gasteiger partial charge < -0.3 is 9.47 Å². The lowest BCUT2D eigenvalue weighted by Crippen LogP contribution is -2.41. The van der Waals surface area contributed by atoms with Gasteiger partial charge in [0.15, 0.2) is 0 Å². The molecule has 0 aromatic heterocycles. The Labute approximate surface area is 96.7 Å². The summed E-state index contributed by atoms with van der Waals surface area (Å²) < 4.78 is 5.04. The smallest absolute Gasteiger partial charge is 0.399 e. The van der Waals surface area contributed by atoms with Crippen LogP contribution in [0.5, 0.6) is 0 Å². The number of Topliss-reactive ketones (excluding diaryl/α,β-unsaturated/α-hetero) is 1. The fourth-order valence-corrected chi connectivity index (χ4v) is 2.25. The van der Waals surface area contributed by atoms with Gasteiger partial charge in [-0.3, -0.25) is 4.79 Å². The summed E-state index contributed by atoms with van der Waals surface area (Å²) in [5.74, 6) is 0.250. The van der Waals surface area contributed by atoms with Crippen LogP contribution < -0.4 is 0 Å². The van der Waals surface area contributed by atoms with Gasteiger partial charge in [-0.2, -0.15) is 0 Å². The zero-order valence-electron chi connectivity index (χ0n) is 9.64. The van der Waals surface area contributed by atoms with E-state index in [1.807, 2.05) is 23.0 Å². The second-order valence-corrected chi connectivity index (χ2v) is 4.32. The Morgan fingerprint density at radius 2 is 2.06 bits per heavy atom. The third kappa shape index (κ3) is 1.90. The maximum Gasteiger partial charge on any atom is 0.399 e. The zero-order valence-corrected chi connectivity index (χ0v) is 9.64. The Kier molecular flexibility index (Phi) is 3.12. The number of ketones is 1. The van der Waals surface area contributed by atoms with Crippen LogP contribution in [0, 0.1) is 0 Å². The van der Waals surface area contributed by atoms with E-state index in [0.717, 1.165) is 5.56 Å². The molecule has 1 fully saturated rings. The van der Waals surface area contributed by atoms with Crippen LogP contribution in [0.15, 0.2) is 30.3 Å². The summed E-state index contributed by atoms with van der Waals surface area (Å²) >= 11 is 0. The minimum Gasteiger partial charge on any atom is -0.427 e. The molecule has 0 amide bonds. The molecule has 1 heterocycles. The largest absolute Gasteiger partial charge is 0.427 e. The van der Waals surface area contributed by atoms with E-state index in [-0.39, 0.29) is 11.3 Å². The summed E-state index contributed by atoms with van der Waals surface area (Å²) in [6.07, 6.45) is 0.539. The van der Waals surface area contributed by atoms with Gasteiger partial charge in [0.25, 0.3) is 0 Å². The third-order valence-electron chi connectivity index (χ3n) is 3.15. The molecule has 1 saturated heterocycles. The lowest BCUT2D eigenvalue weighted by molar-refractivity contribution is -0.116. The lowest BCUT2D eigenvalue weighted by atomic mass is 9.86. The van der Waals surface area contributed by atoms with Crippen LogP contribution in [-0.2, 0) is 15.0 Å². The number of benzene rings is 1. The van der Waals surface area contributed by atoms with E-state index in [1.165, 1.54) is 0 Å². The minimum atomic E-state index is -0.269. The number of hydrogen-bond acceptors (Lipinski definition) is 3. The van der Waals surface area contributed by atoms with Gasteiger partial charge in [-0.15, -0.1) is 0 Å². The Bertz CT molecular complexity index is 382. The molecule has 0 saturated carbocycles. The molecule has 83 valence electrons. The van der Waals surface area contributed by atoms with E-state index in [1.54, 1.807) is 14.7 Å². The summed E-state index contributed by atoms with van der Waals surface area (Å²) in [6.45, 7) is 2.50. The lowest BCUT2D eigenvalue weighted by Gasteiger charge is -2.33. The molecule has 1 radical (unpaired) electrons. The van der Waals surface area contributed by atoms with Crippen molar-refractivity contribution in [2.75, 3.05) is 13.7 Å². The molecule has 0 bridgehead atoms. The van der Waals surface area contributed by atoms with Crippen molar-refractivity contribution in [2.24, 2.45) is 0 Å². The molecular formula is C12H15BNO2. The van der Waals surface area contributed by atoms with E-state index in [2.05, 4.69) is 19.1 Å². The number of nitrogens with zero attached hydrogens (tertiary/aromatic N) is 1. The second-order valence-electron chi connectivity index (χ2n) is 4.32. The second kappa shape index (κ2) is 4.40. The molecule has 1 unspecified atom stereocenters. The van der Waals surface area contributed by atoms with Crippen molar-refractivity contribution in [3.63, 3.8) is 0 Å². The molecule has 0 aliphatic carbocycles. The van der Waals surface area contributed by atoms with Crippen LogP contribution in [0.4, 0.5) is 0 Å². The van der Waals surface area contributed by atoms with Crippen molar-refractivity contribution >= 4 is 13.4 Å². The van der Waals surface area contributed by atoms with E-state index < -0.39 is 0 Å². The normalized spacial score (nSPS) is 26.0. The van der Waals surface area contributed by atoms with E-state index in [0.29, 0.717) is 13.0 Å². The molecule has 0 spiro atoms. The number of carbonyl (C=O) groups excluding carboxylic acids is 1. The first-order valence-corrected chi connectivity index (χ1v) is 5.37. The highest BCUT2D eigenvalue weighted by molar-refractivity contribution is 6.25. The first-order valence-electron chi connectivity index (χ1n) is 5.37. The molecule has 4 heteroatoms. The Balaban J connectivity index is 2.32. The fraction of sp³-hybridized carbons (Fsp3) is 0.417. The fourth-order valence-electron chi connectivity index (χ4n) is 2.25. The van der Waals surface area contributed by atoms with Crippen LogP contribution in [-0.4, -0.2) is 31.9 Å². The average Bonchev–Trinajstić information content (AvgIpc) is 2.57. The number of rotatable bonds is 3. The van der Waals surface area contributed by atoms with Gasteiger partial charge in [0.2, 0.25) is 0 Å². The summed E-state index contributed by atoms with van der Waals surface area (Å²) in [4.78, 5) is 13.6. The molecule has 1 aliphatic rings. The Morgan fingerprint density at radius 1 is 1.38 bits per heavy atom. The van der Waals surface area contributed by atoms with Crippen molar-refractivity contribution < 1.29 is 9.45 Å². The Hall–Kier alpha value is -1.13. The molecule has 1 aromatic carbocycles. The van der Waals surface area contributed by atoms with E-state index >= 15 is 0 Å². The summed E-state index contributed by atoms with van der Waals surface area (Å²) in [7, 11) is 3.24. The highest BCUT2D eigenvalue weighted by Gasteiger charge is 2.42. The maximum atomic E-state index is 11.6. The Morgan fingerprint density at radius 3 is 2.69 bits per heavy atom. The average molecular weight is 216 g/mol. The van der Waals surface area contributed by atoms with Crippen molar-refractivity contribution in [1.29, 1.82) is 0 Å². The third-order valence-corrected chi connectivity index (χ3v) is 3.15. The van der Waals surface area contributed by atoms with Gasteiger partial charge >= 0.3 is 7.62 Å². The van der Waals surface area contributed by atoms with Crippen LogP contribution in [0.25, 0.3) is 0 Å². The quantitative estimate of drug-likeness (QED) is 0.714. The molecule has 16 heavy (non-hydrogen) atoms. The molecule has 0 N–H and O–H groups in total. The van der Waals surface area contributed by atoms with Crippen LogP contribution in [0.1, 0.15) is 18.9 Å². The minimum absolute atomic E-state index is 0.250. The van der Waals surface area contributed by atoms with Gasteiger partial charge in [-0.05, 0) is 12.5 Å². The summed E-state index contributed by atoms with van der Waals surface area (Å²) in [5, 5.41) is 0.